The summed E-state index contributed by atoms with van der Waals surface area (Å²) < 4.78 is 0. The third-order valence-corrected chi connectivity index (χ3v) is 3.00. The molecule has 1 amide bonds. The van der Waals surface area contributed by atoms with E-state index in [4.69, 9.17) is 0 Å². The molecule has 0 aliphatic carbocycles. The van der Waals surface area contributed by atoms with Gasteiger partial charge in [-0.15, -0.1) is 0 Å². The molecule has 0 bridgehead atoms. The Labute approximate surface area is 86.6 Å². The first-order valence-electron chi connectivity index (χ1n) is 5.79. The molecule has 0 aromatic rings. The quantitative estimate of drug-likeness (QED) is 0.714. The zero-order valence-corrected chi connectivity index (χ0v) is 9.31. The van der Waals surface area contributed by atoms with Crippen molar-refractivity contribution in [3.63, 3.8) is 0 Å². The van der Waals surface area contributed by atoms with Gasteiger partial charge in [0.15, 0.2) is 0 Å². The lowest BCUT2D eigenvalue weighted by Crippen LogP contribution is -2.44. The monoisotopic (exact) mass is 198 g/mol. The van der Waals surface area contributed by atoms with Gasteiger partial charge in [0.1, 0.15) is 0 Å². The Kier molecular flexibility index (Phi) is 4.94. The van der Waals surface area contributed by atoms with E-state index < -0.39 is 0 Å². The second kappa shape index (κ2) is 6.02. The van der Waals surface area contributed by atoms with E-state index in [9.17, 15) is 4.79 Å². The summed E-state index contributed by atoms with van der Waals surface area (Å²) in [5.41, 5.74) is 0. The van der Waals surface area contributed by atoms with Gasteiger partial charge in [-0.2, -0.15) is 0 Å². The molecule has 14 heavy (non-hydrogen) atoms. The average molecular weight is 198 g/mol. The van der Waals surface area contributed by atoms with Crippen LogP contribution in [0.15, 0.2) is 0 Å². The molecule has 0 radical (unpaired) electrons. The number of hydrogen-bond donors (Lipinski definition) is 2. The molecule has 1 saturated heterocycles. The van der Waals surface area contributed by atoms with Crippen LogP contribution in [-0.2, 0) is 4.79 Å². The van der Waals surface area contributed by atoms with Crippen LogP contribution in [0.3, 0.4) is 0 Å². The van der Waals surface area contributed by atoms with Gasteiger partial charge < -0.3 is 10.6 Å². The summed E-state index contributed by atoms with van der Waals surface area (Å²) in [4.78, 5) is 11.8. The fourth-order valence-electron chi connectivity index (χ4n) is 1.89. The van der Waals surface area contributed by atoms with Crippen LogP contribution in [-0.4, -0.2) is 25.0 Å². The second-order valence-corrected chi connectivity index (χ2v) is 4.07. The van der Waals surface area contributed by atoms with Gasteiger partial charge in [0.2, 0.25) is 5.91 Å². The van der Waals surface area contributed by atoms with Crippen LogP contribution in [0.5, 0.6) is 0 Å². The molecule has 1 atom stereocenters. The van der Waals surface area contributed by atoms with Gasteiger partial charge in [-0.3, -0.25) is 4.79 Å². The Hall–Kier alpha value is -0.570. The second-order valence-electron chi connectivity index (χ2n) is 4.07. The normalized spacial score (nSPS) is 22.4. The van der Waals surface area contributed by atoms with Gasteiger partial charge in [0, 0.05) is 12.6 Å². The number of amides is 1. The van der Waals surface area contributed by atoms with Crippen molar-refractivity contribution in [1.29, 1.82) is 0 Å². The van der Waals surface area contributed by atoms with E-state index in [1.54, 1.807) is 0 Å². The standard InChI is InChI=1S/C11H22N2O/c1-3-10(4-2)13-11(14)9-6-5-7-12-8-9/h9-10,12H,3-8H2,1-2H3,(H,13,14)/t9-/m1/s1. The van der Waals surface area contributed by atoms with Crippen LogP contribution < -0.4 is 10.6 Å². The minimum Gasteiger partial charge on any atom is -0.353 e. The van der Waals surface area contributed by atoms with Gasteiger partial charge >= 0.3 is 0 Å². The number of rotatable bonds is 4. The van der Waals surface area contributed by atoms with Crippen molar-refractivity contribution in [2.45, 2.75) is 45.6 Å². The van der Waals surface area contributed by atoms with Crippen molar-refractivity contribution in [3.05, 3.63) is 0 Å². The number of carbonyl (C=O) groups is 1. The lowest BCUT2D eigenvalue weighted by Gasteiger charge is -2.24. The molecule has 3 heteroatoms. The molecule has 0 aromatic heterocycles. The number of piperidine rings is 1. The fraction of sp³-hybridized carbons (Fsp3) is 0.909. The highest BCUT2D eigenvalue weighted by Crippen LogP contribution is 2.10. The van der Waals surface area contributed by atoms with Crippen LogP contribution in [0.4, 0.5) is 0 Å². The Morgan fingerprint density at radius 2 is 2.21 bits per heavy atom. The highest BCUT2D eigenvalue weighted by molar-refractivity contribution is 5.79. The molecular weight excluding hydrogens is 176 g/mol. The summed E-state index contributed by atoms with van der Waals surface area (Å²) in [5.74, 6) is 0.440. The van der Waals surface area contributed by atoms with E-state index in [-0.39, 0.29) is 11.8 Å². The summed E-state index contributed by atoms with van der Waals surface area (Å²) in [7, 11) is 0. The van der Waals surface area contributed by atoms with Gasteiger partial charge in [0.05, 0.1) is 5.92 Å². The van der Waals surface area contributed by atoms with E-state index in [2.05, 4.69) is 24.5 Å². The molecular formula is C11H22N2O. The first kappa shape index (κ1) is 11.5. The molecule has 1 aliphatic rings. The van der Waals surface area contributed by atoms with E-state index in [1.807, 2.05) is 0 Å². The highest BCUT2D eigenvalue weighted by Gasteiger charge is 2.21. The minimum atomic E-state index is 0.198. The lowest BCUT2D eigenvalue weighted by atomic mass is 9.98. The maximum Gasteiger partial charge on any atom is 0.224 e. The van der Waals surface area contributed by atoms with Gasteiger partial charge in [-0.05, 0) is 32.2 Å². The predicted molar refractivity (Wildman–Crippen MR) is 58.1 cm³/mol. The average Bonchev–Trinajstić information content (AvgIpc) is 2.26. The molecule has 1 fully saturated rings. The predicted octanol–water partition coefficient (Wildman–Crippen LogP) is 1.29. The largest absolute Gasteiger partial charge is 0.353 e. The fourth-order valence-corrected chi connectivity index (χ4v) is 1.89. The summed E-state index contributed by atoms with van der Waals surface area (Å²) in [6.07, 6.45) is 4.23. The van der Waals surface area contributed by atoms with Crippen molar-refractivity contribution >= 4 is 5.91 Å². The van der Waals surface area contributed by atoms with Crippen molar-refractivity contribution < 1.29 is 4.79 Å². The SMILES string of the molecule is CCC(CC)NC(=O)[C@@H]1CCCNC1. The van der Waals surface area contributed by atoms with Gasteiger partial charge in [0.25, 0.3) is 0 Å². The Morgan fingerprint density at radius 1 is 1.50 bits per heavy atom. The molecule has 82 valence electrons. The highest BCUT2D eigenvalue weighted by atomic mass is 16.1. The zero-order chi connectivity index (χ0) is 10.4. The third-order valence-electron chi connectivity index (χ3n) is 3.00. The minimum absolute atomic E-state index is 0.198. The Morgan fingerprint density at radius 3 is 2.71 bits per heavy atom. The van der Waals surface area contributed by atoms with Crippen molar-refractivity contribution in [1.82, 2.24) is 10.6 Å². The van der Waals surface area contributed by atoms with Crippen LogP contribution in [0, 0.1) is 5.92 Å². The molecule has 0 saturated carbocycles. The van der Waals surface area contributed by atoms with E-state index in [0.717, 1.165) is 38.8 Å². The van der Waals surface area contributed by atoms with Crippen LogP contribution in [0.1, 0.15) is 39.5 Å². The first-order valence-corrected chi connectivity index (χ1v) is 5.79. The molecule has 2 N–H and O–H groups in total. The molecule has 1 rings (SSSR count). The summed E-state index contributed by atoms with van der Waals surface area (Å²) in [6.45, 7) is 6.15. The Bertz CT molecular complexity index is 172. The molecule has 0 unspecified atom stereocenters. The van der Waals surface area contributed by atoms with E-state index in [1.165, 1.54) is 0 Å². The smallest absolute Gasteiger partial charge is 0.224 e. The van der Waals surface area contributed by atoms with E-state index in [0.29, 0.717) is 6.04 Å². The van der Waals surface area contributed by atoms with E-state index >= 15 is 0 Å². The summed E-state index contributed by atoms with van der Waals surface area (Å²) in [5, 5.41) is 6.37. The molecule has 0 aromatic carbocycles. The topological polar surface area (TPSA) is 41.1 Å². The summed E-state index contributed by atoms with van der Waals surface area (Å²) >= 11 is 0. The zero-order valence-electron chi connectivity index (χ0n) is 9.31. The molecule has 0 spiro atoms. The van der Waals surface area contributed by atoms with Gasteiger partial charge in [-0.25, -0.2) is 0 Å². The Balaban J connectivity index is 2.32. The van der Waals surface area contributed by atoms with Crippen molar-refractivity contribution in [3.8, 4) is 0 Å². The summed E-state index contributed by atoms with van der Waals surface area (Å²) in [6, 6.07) is 0.365. The maximum absolute atomic E-state index is 11.8. The number of carbonyl (C=O) groups excluding carboxylic acids is 1. The molecule has 1 aliphatic heterocycles. The maximum atomic E-state index is 11.8. The van der Waals surface area contributed by atoms with Crippen molar-refractivity contribution in [2.24, 2.45) is 5.92 Å². The van der Waals surface area contributed by atoms with Gasteiger partial charge in [-0.1, -0.05) is 13.8 Å². The lowest BCUT2D eigenvalue weighted by molar-refractivity contribution is -0.126. The third kappa shape index (κ3) is 3.29. The first-order chi connectivity index (χ1) is 6.77. The number of nitrogens with one attached hydrogen (secondary N) is 2. The van der Waals surface area contributed by atoms with Crippen LogP contribution in [0.2, 0.25) is 0 Å². The molecule has 1 heterocycles. The van der Waals surface area contributed by atoms with Crippen LogP contribution >= 0.6 is 0 Å². The van der Waals surface area contributed by atoms with Crippen LogP contribution in [0.25, 0.3) is 0 Å². The molecule has 3 nitrogen and oxygen atoms in total. The van der Waals surface area contributed by atoms with Crippen molar-refractivity contribution in [2.75, 3.05) is 13.1 Å². The number of hydrogen-bond acceptors (Lipinski definition) is 2.